The Balaban J connectivity index is 2.25. The zero-order valence-corrected chi connectivity index (χ0v) is 15.7. The third-order valence-corrected chi connectivity index (χ3v) is 4.84. The second-order valence-corrected chi connectivity index (χ2v) is 7.17. The van der Waals surface area contributed by atoms with Gasteiger partial charge in [-0.15, -0.1) is 0 Å². The molecule has 0 amide bonds. The molecular formula is C20H40N2. The molecule has 0 fully saturated rings. The Kier molecular flexibility index (Phi) is 10.4. The summed E-state index contributed by atoms with van der Waals surface area (Å²) in [5.74, 6) is 0. The van der Waals surface area contributed by atoms with Crippen molar-refractivity contribution in [2.45, 2.75) is 111 Å². The fourth-order valence-corrected chi connectivity index (χ4v) is 3.42. The Labute approximate surface area is 139 Å². The van der Waals surface area contributed by atoms with Crippen molar-refractivity contribution in [3.63, 3.8) is 0 Å². The number of rotatable bonds is 13. The highest BCUT2D eigenvalue weighted by Gasteiger charge is 2.26. The van der Waals surface area contributed by atoms with Crippen LogP contribution in [-0.4, -0.2) is 28.6 Å². The molecule has 22 heavy (non-hydrogen) atoms. The Morgan fingerprint density at radius 1 is 0.773 bits per heavy atom. The molecule has 0 N–H and O–H groups in total. The highest BCUT2D eigenvalue weighted by Crippen LogP contribution is 2.24. The van der Waals surface area contributed by atoms with Gasteiger partial charge in [0, 0.05) is 25.0 Å². The third kappa shape index (κ3) is 7.07. The number of unbranched alkanes of at least 4 members (excludes halogenated alkanes) is 8. The molecule has 0 radical (unpaired) electrons. The van der Waals surface area contributed by atoms with Crippen molar-refractivity contribution in [1.82, 2.24) is 9.80 Å². The summed E-state index contributed by atoms with van der Waals surface area (Å²) in [6.07, 6.45) is 20.4. The average molecular weight is 309 g/mol. The molecule has 1 aliphatic heterocycles. The maximum absolute atomic E-state index is 2.60. The lowest BCUT2D eigenvalue weighted by molar-refractivity contribution is 0.114. The first-order chi connectivity index (χ1) is 10.7. The summed E-state index contributed by atoms with van der Waals surface area (Å²) in [6.45, 7) is 10.5. The van der Waals surface area contributed by atoms with Gasteiger partial charge in [-0.25, -0.2) is 0 Å². The van der Waals surface area contributed by atoms with Crippen molar-refractivity contribution in [3.8, 4) is 0 Å². The van der Waals surface area contributed by atoms with Gasteiger partial charge in [0.25, 0.3) is 0 Å². The molecule has 0 saturated carbocycles. The third-order valence-electron chi connectivity index (χ3n) is 4.84. The Morgan fingerprint density at radius 3 is 2.00 bits per heavy atom. The van der Waals surface area contributed by atoms with Gasteiger partial charge in [-0.3, -0.25) is 0 Å². The molecule has 0 aromatic heterocycles. The van der Waals surface area contributed by atoms with E-state index in [1.165, 1.54) is 77.2 Å². The standard InChI is InChI=1S/C20H40N2/c1-5-7-9-10-11-12-14-16-21-17-18-22(19(3)4)20(21)15-13-8-6-2/h17-20H,5-16H2,1-4H3. The van der Waals surface area contributed by atoms with Gasteiger partial charge in [0.2, 0.25) is 0 Å². The summed E-state index contributed by atoms with van der Waals surface area (Å²) in [6, 6.07) is 0.613. The van der Waals surface area contributed by atoms with E-state index in [1.807, 2.05) is 0 Å². The SMILES string of the molecule is CCCCCCCCCN1C=CN(C(C)C)C1CCCCC. The van der Waals surface area contributed by atoms with Crippen LogP contribution >= 0.6 is 0 Å². The van der Waals surface area contributed by atoms with Gasteiger partial charge in [-0.05, 0) is 33.1 Å². The average Bonchev–Trinajstić information content (AvgIpc) is 2.90. The predicted octanol–water partition coefficient (Wildman–Crippen LogP) is 6.14. The molecule has 2 nitrogen and oxygen atoms in total. The molecule has 0 saturated heterocycles. The maximum atomic E-state index is 2.60. The number of nitrogens with zero attached hydrogens (tertiary/aromatic N) is 2. The Bertz CT molecular complexity index is 285. The fourth-order valence-electron chi connectivity index (χ4n) is 3.42. The highest BCUT2D eigenvalue weighted by atomic mass is 15.4. The van der Waals surface area contributed by atoms with E-state index in [9.17, 15) is 0 Å². The first kappa shape index (κ1) is 19.4. The van der Waals surface area contributed by atoms with Crippen LogP contribution in [0.1, 0.15) is 98.3 Å². The van der Waals surface area contributed by atoms with Gasteiger partial charge in [-0.1, -0.05) is 65.2 Å². The molecule has 0 bridgehead atoms. The van der Waals surface area contributed by atoms with Gasteiger partial charge in [0.05, 0.1) is 0 Å². The van der Waals surface area contributed by atoms with E-state index >= 15 is 0 Å². The van der Waals surface area contributed by atoms with Crippen LogP contribution in [0.5, 0.6) is 0 Å². The van der Waals surface area contributed by atoms with E-state index in [0.717, 1.165) is 0 Å². The van der Waals surface area contributed by atoms with Crippen LogP contribution in [0.25, 0.3) is 0 Å². The fraction of sp³-hybridized carbons (Fsp3) is 0.900. The summed E-state index contributed by atoms with van der Waals surface area (Å²) in [5.41, 5.74) is 0. The van der Waals surface area contributed by atoms with Crippen LogP contribution < -0.4 is 0 Å². The van der Waals surface area contributed by atoms with Crippen LogP contribution in [0.15, 0.2) is 12.4 Å². The van der Waals surface area contributed by atoms with Gasteiger partial charge in [-0.2, -0.15) is 0 Å². The van der Waals surface area contributed by atoms with Gasteiger partial charge in [0.15, 0.2) is 0 Å². The van der Waals surface area contributed by atoms with E-state index in [4.69, 9.17) is 0 Å². The quantitative estimate of drug-likeness (QED) is 0.377. The molecule has 0 aromatic rings. The van der Waals surface area contributed by atoms with Crippen molar-refractivity contribution >= 4 is 0 Å². The second-order valence-electron chi connectivity index (χ2n) is 7.17. The Morgan fingerprint density at radius 2 is 1.36 bits per heavy atom. The zero-order chi connectivity index (χ0) is 16.2. The lowest BCUT2D eigenvalue weighted by Crippen LogP contribution is -2.42. The van der Waals surface area contributed by atoms with Crippen LogP contribution in [0.4, 0.5) is 0 Å². The van der Waals surface area contributed by atoms with E-state index < -0.39 is 0 Å². The molecule has 1 heterocycles. The lowest BCUT2D eigenvalue weighted by Gasteiger charge is -2.35. The molecule has 0 spiro atoms. The van der Waals surface area contributed by atoms with E-state index in [0.29, 0.717) is 12.2 Å². The van der Waals surface area contributed by atoms with Crippen molar-refractivity contribution in [3.05, 3.63) is 12.4 Å². The molecule has 1 atom stereocenters. The molecular weight excluding hydrogens is 268 g/mol. The van der Waals surface area contributed by atoms with Gasteiger partial charge in [0.1, 0.15) is 6.17 Å². The summed E-state index contributed by atoms with van der Waals surface area (Å²) in [7, 11) is 0. The first-order valence-electron chi connectivity index (χ1n) is 9.92. The Hall–Kier alpha value is -0.660. The monoisotopic (exact) mass is 308 g/mol. The van der Waals surface area contributed by atoms with Crippen molar-refractivity contribution in [2.75, 3.05) is 6.54 Å². The zero-order valence-electron chi connectivity index (χ0n) is 15.7. The number of hydrogen-bond acceptors (Lipinski definition) is 2. The largest absolute Gasteiger partial charge is 0.356 e. The van der Waals surface area contributed by atoms with Gasteiger partial charge >= 0.3 is 0 Å². The van der Waals surface area contributed by atoms with E-state index in [-0.39, 0.29) is 0 Å². The van der Waals surface area contributed by atoms with E-state index in [2.05, 4.69) is 49.9 Å². The second kappa shape index (κ2) is 11.8. The van der Waals surface area contributed by atoms with Crippen LogP contribution in [0, 0.1) is 0 Å². The van der Waals surface area contributed by atoms with Crippen molar-refractivity contribution in [2.24, 2.45) is 0 Å². The topological polar surface area (TPSA) is 6.48 Å². The number of hydrogen-bond donors (Lipinski definition) is 0. The minimum Gasteiger partial charge on any atom is -0.356 e. The minimum absolute atomic E-state index is 0.613. The predicted molar refractivity (Wildman–Crippen MR) is 98.7 cm³/mol. The highest BCUT2D eigenvalue weighted by molar-refractivity contribution is 4.98. The molecule has 1 unspecified atom stereocenters. The summed E-state index contributed by atoms with van der Waals surface area (Å²) in [5, 5.41) is 0. The molecule has 2 heteroatoms. The molecule has 1 aliphatic rings. The van der Waals surface area contributed by atoms with Crippen LogP contribution in [0.2, 0.25) is 0 Å². The summed E-state index contributed by atoms with van der Waals surface area (Å²) < 4.78 is 0. The van der Waals surface area contributed by atoms with Crippen LogP contribution in [0.3, 0.4) is 0 Å². The lowest BCUT2D eigenvalue weighted by atomic mass is 10.1. The molecule has 0 aromatic carbocycles. The summed E-state index contributed by atoms with van der Waals surface area (Å²) in [4.78, 5) is 5.15. The van der Waals surface area contributed by atoms with Crippen molar-refractivity contribution < 1.29 is 0 Å². The molecule has 1 rings (SSSR count). The maximum Gasteiger partial charge on any atom is 0.101 e. The van der Waals surface area contributed by atoms with Crippen LogP contribution in [-0.2, 0) is 0 Å². The van der Waals surface area contributed by atoms with Crippen molar-refractivity contribution in [1.29, 1.82) is 0 Å². The van der Waals surface area contributed by atoms with Gasteiger partial charge < -0.3 is 9.80 Å². The van der Waals surface area contributed by atoms with E-state index in [1.54, 1.807) is 0 Å². The normalized spacial score (nSPS) is 18.0. The smallest absolute Gasteiger partial charge is 0.101 e. The minimum atomic E-state index is 0.613. The molecule has 130 valence electrons. The summed E-state index contributed by atoms with van der Waals surface area (Å²) >= 11 is 0. The molecule has 0 aliphatic carbocycles. The first-order valence-corrected chi connectivity index (χ1v) is 9.92.